The topological polar surface area (TPSA) is 48.0 Å². The third-order valence-corrected chi connectivity index (χ3v) is 6.74. The minimum atomic E-state index is -0.162. The molecule has 0 radical (unpaired) electrons. The first-order chi connectivity index (χ1) is 12.0. The van der Waals surface area contributed by atoms with E-state index in [1.54, 1.807) is 5.57 Å². The summed E-state index contributed by atoms with van der Waals surface area (Å²) in [7, 11) is 2.04. The Morgan fingerprint density at radius 3 is 2.80 bits per heavy atom. The Balaban J connectivity index is 1.48. The van der Waals surface area contributed by atoms with E-state index < -0.39 is 0 Å². The van der Waals surface area contributed by atoms with Gasteiger partial charge in [0.15, 0.2) is 6.29 Å². The molecule has 0 aromatic rings. The summed E-state index contributed by atoms with van der Waals surface area (Å²) in [4.78, 5) is 14.7. The Bertz CT molecular complexity index is 556. The molecule has 0 N–H and O–H groups in total. The standard InChI is InChI=1S/C20H31NO4/c1-13-5-4-6-20(2)10-17-14(9-16(13)20)15(19(22)25-17)11-21(3)12-18-23-7-8-24-18/h9,13-15,17-18H,4-8,10-12H2,1-3H3/t13-,14+,15-,17+,20+/m0/s1. The largest absolute Gasteiger partial charge is 0.461 e. The van der Waals surface area contributed by atoms with Crippen LogP contribution in [-0.2, 0) is 19.0 Å². The summed E-state index contributed by atoms with van der Waals surface area (Å²) >= 11 is 0. The van der Waals surface area contributed by atoms with Gasteiger partial charge < -0.3 is 19.1 Å². The fourth-order valence-corrected chi connectivity index (χ4v) is 5.44. The molecule has 2 aliphatic carbocycles. The lowest BCUT2D eigenvalue weighted by Gasteiger charge is -2.46. The normalized spacial score (nSPS) is 41.4. The van der Waals surface area contributed by atoms with E-state index in [1.807, 2.05) is 7.05 Å². The molecule has 3 fully saturated rings. The van der Waals surface area contributed by atoms with Crippen LogP contribution in [0.15, 0.2) is 11.6 Å². The number of hydrogen-bond acceptors (Lipinski definition) is 5. The van der Waals surface area contributed by atoms with Crippen LogP contribution < -0.4 is 0 Å². The van der Waals surface area contributed by atoms with Gasteiger partial charge >= 0.3 is 5.97 Å². The van der Waals surface area contributed by atoms with Gasteiger partial charge in [-0.1, -0.05) is 31.9 Å². The first kappa shape index (κ1) is 17.5. The lowest BCUT2D eigenvalue weighted by atomic mass is 9.59. The number of esters is 1. The zero-order valence-corrected chi connectivity index (χ0v) is 15.7. The van der Waals surface area contributed by atoms with Crippen molar-refractivity contribution >= 4 is 5.97 Å². The van der Waals surface area contributed by atoms with Gasteiger partial charge in [-0.05, 0) is 37.6 Å². The summed E-state index contributed by atoms with van der Waals surface area (Å²) in [6, 6.07) is 0. The monoisotopic (exact) mass is 349 g/mol. The van der Waals surface area contributed by atoms with Crippen LogP contribution >= 0.6 is 0 Å². The molecular formula is C20H31NO4. The Morgan fingerprint density at radius 1 is 1.28 bits per heavy atom. The van der Waals surface area contributed by atoms with Crippen molar-refractivity contribution in [2.45, 2.75) is 51.9 Å². The molecule has 4 rings (SSSR count). The van der Waals surface area contributed by atoms with Gasteiger partial charge in [-0.15, -0.1) is 0 Å². The summed E-state index contributed by atoms with van der Waals surface area (Å²) in [6.07, 6.45) is 7.10. The van der Waals surface area contributed by atoms with Crippen LogP contribution in [0, 0.1) is 23.2 Å². The number of likely N-dealkylation sites (N-methyl/N-ethyl adjacent to an activating group) is 1. The van der Waals surface area contributed by atoms with Crippen LogP contribution in [-0.4, -0.2) is 56.6 Å². The molecule has 2 heterocycles. The molecule has 1 saturated carbocycles. The van der Waals surface area contributed by atoms with Crippen molar-refractivity contribution in [2.75, 3.05) is 33.4 Å². The molecule has 5 nitrogen and oxygen atoms in total. The van der Waals surface area contributed by atoms with E-state index in [1.165, 1.54) is 19.3 Å². The van der Waals surface area contributed by atoms with Gasteiger partial charge in [0.1, 0.15) is 6.10 Å². The van der Waals surface area contributed by atoms with Crippen LogP contribution in [0.1, 0.15) is 39.5 Å². The van der Waals surface area contributed by atoms with Crippen molar-refractivity contribution in [3.05, 3.63) is 11.6 Å². The van der Waals surface area contributed by atoms with E-state index >= 15 is 0 Å². The average Bonchev–Trinajstić information content (AvgIpc) is 3.14. The maximum Gasteiger partial charge on any atom is 0.311 e. The Hall–Kier alpha value is -0.910. The maximum atomic E-state index is 12.6. The SMILES string of the molecule is C[C@H]1CCC[C@]2(C)C[C@H]3OC(=O)[C@@H](CN(C)CC4OCCO4)[C@H]3C=C12. The quantitative estimate of drug-likeness (QED) is 0.577. The average molecular weight is 349 g/mol. The summed E-state index contributed by atoms with van der Waals surface area (Å²) in [5, 5.41) is 0. The van der Waals surface area contributed by atoms with Crippen LogP contribution in [0.25, 0.3) is 0 Å². The number of carbonyl (C=O) groups excluding carboxylic acids is 1. The van der Waals surface area contributed by atoms with Gasteiger partial charge in [-0.3, -0.25) is 4.79 Å². The van der Waals surface area contributed by atoms with E-state index in [0.717, 1.165) is 6.42 Å². The number of fused-ring (bicyclic) bond motifs is 2. The van der Waals surface area contributed by atoms with Crippen LogP contribution in [0.5, 0.6) is 0 Å². The molecule has 0 bridgehead atoms. The summed E-state index contributed by atoms with van der Waals surface area (Å²) in [5.41, 5.74) is 1.80. The minimum absolute atomic E-state index is 0.0261. The maximum absolute atomic E-state index is 12.6. The van der Waals surface area contributed by atoms with Crippen molar-refractivity contribution in [3.8, 4) is 0 Å². The lowest BCUT2D eigenvalue weighted by Crippen LogP contribution is -2.41. The number of carbonyl (C=O) groups is 1. The van der Waals surface area contributed by atoms with Gasteiger partial charge in [0, 0.05) is 19.0 Å². The van der Waals surface area contributed by atoms with Gasteiger partial charge in [0.25, 0.3) is 0 Å². The molecule has 0 spiro atoms. The van der Waals surface area contributed by atoms with E-state index in [9.17, 15) is 4.79 Å². The highest BCUT2D eigenvalue weighted by molar-refractivity contribution is 5.76. The molecule has 0 aromatic heterocycles. The molecule has 0 unspecified atom stereocenters. The van der Waals surface area contributed by atoms with Crippen molar-refractivity contribution in [1.82, 2.24) is 4.90 Å². The third-order valence-electron chi connectivity index (χ3n) is 6.74. The number of nitrogens with zero attached hydrogens (tertiary/aromatic N) is 1. The number of ether oxygens (including phenoxy) is 3. The fourth-order valence-electron chi connectivity index (χ4n) is 5.44. The predicted molar refractivity (Wildman–Crippen MR) is 93.9 cm³/mol. The molecule has 2 aliphatic heterocycles. The summed E-state index contributed by atoms with van der Waals surface area (Å²) < 4.78 is 16.9. The van der Waals surface area contributed by atoms with Crippen LogP contribution in [0.2, 0.25) is 0 Å². The summed E-state index contributed by atoms with van der Waals surface area (Å²) in [5.74, 6) is 0.766. The van der Waals surface area contributed by atoms with Crippen molar-refractivity contribution in [3.63, 3.8) is 0 Å². The third kappa shape index (κ3) is 3.26. The molecule has 0 aromatic carbocycles. The zero-order chi connectivity index (χ0) is 17.6. The highest BCUT2D eigenvalue weighted by Crippen LogP contribution is 2.53. The van der Waals surface area contributed by atoms with Gasteiger partial charge in [-0.2, -0.15) is 0 Å². The smallest absolute Gasteiger partial charge is 0.311 e. The van der Waals surface area contributed by atoms with Crippen molar-refractivity contribution in [1.29, 1.82) is 0 Å². The Labute approximate surface area is 150 Å². The second-order valence-electron chi connectivity index (χ2n) is 8.73. The molecule has 0 amide bonds. The van der Waals surface area contributed by atoms with E-state index in [2.05, 4.69) is 24.8 Å². The molecule has 25 heavy (non-hydrogen) atoms. The highest BCUT2D eigenvalue weighted by atomic mass is 16.7. The van der Waals surface area contributed by atoms with Gasteiger partial charge in [-0.25, -0.2) is 0 Å². The molecular weight excluding hydrogens is 318 g/mol. The van der Waals surface area contributed by atoms with E-state index in [-0.39, 0.29) is 35.6 Å². The zero-order valence-electron chi connectivity index (χ0n) is 15.7. The second kappa shape index (κ2) is 6.67. The van der Waals surface area contributed by atoms with Crippen LogP contribution in [0.3, 0.4) is 0 Å². The van der Waals surface area contributed by atoms with Crippen LogP contribution in [0.4, 0.5) is 0 Å². The number of allylic oxidation sites excluding steroid dienone is 1. The van der Waals surface area contributed by atoms with Crippen molar-refractivity contribution < 1.29 is 19.0 Å². The fraction of sp³-hybridized carbons (Fsp3) is 0.850. The highest BCUT2D eigenvalue weighted by Gasteiger charge is 2.51. The number of hydrogen-bond donors (Lipinski definition) is 0. The molecule has 5 atom stereocenters. The molecule has 2 saturated heterocycles. The molecule has 5 heteroatoms. The van der Waals surface area contributed by atoms with E-state index in [4.69, 9.17) is 14.2 Å². The minimum Gasteiger partial charge on any atom is -0.461 e. The van der Waals surface area contributed by atoms with Gasteiger partial charge in [0.2, 0.25) is 0 Å². The number of rotatable bonds is 4. The Kier molecular flexibility index (Phi) is 4.67. The van der Waals surface area contributed by atoms with Gasteiger partial charge in [0.05, 0.1) is 19.1 Å². The lowest BCUT2D eigenvalue weighted by molar-refractivity contribution is -0.145. The summed E-state index contributed by atoms with van der Waals surface area (Å²) in [6.45, 7) is 7.45. The molecule has 140 valence electrons. The van der Waals surface area contributed by atoms with E-state index in [0.29, 0.717) is 32.2 Å². The first-order valence-corrected chi connectivity index (χ1v) is 9.81. The molecule has 4 aliphatic rings. The second-order valence-corrected chi connectivity index (χ2v) is 8.73. The predicted octanol–water partition coefficient (Wildman–Crippen LogP) is 2.61. The van der Waals surface area contributed by atoms with Crippen molar-refractivity contribution in [2.24, 2.45) is 23.2 Å². The Morgan fingerprint density at radius 2 is 2.04 bits per heavy atom. The first-order valence-electron chi connectivity index (χ1n) is 9.81.